The van der Waals surface area contributed by atoms with E-state index in [0.717, 1.165) is 12.5 Å². The van der Waals surface area contributed by atoms with E-state index in [0.29, 0.717) is 23.8 Å². The predicted molar refractivity (Wildman–Crippen MR) is 66.5 cm³/mol. The first-order valence-corrected chi connectivity index (χ1v) is 6.11. The molecule has 1 heterocycles. The SMILES string of the molecule is CCn1ncc(N)c1C(=O)N(C)CC1CC1C. The molecule has 2 N–H and O–H groups in total. The predicted octanol–water partition coefficient (Wildman–Crippen LogP) is 1.21. The maximum atomic E-state index is 12.3. The highest BCUT2D eigenvalue weighted by molar-refractivity contribution is 5.97. The average molecular weight is 236 g/mol. The van der Waals surface area contributed by atoms with Crippen molar-refractivity contribution in [3.63, 3.8) is 0 Å². The summed E-state index contributed by atoms with van der Waals surface area (Å²) >= 11 is 0. The summed E-state index contributed by atoms with van der Waals surface area (Å²) in [6, 6.07) is 0. The van der Waals surface area contributed by atoms with Crippen LogP contribution >= 0.6 is 0 Å². The van der Waals surface area contributed by atoms with E-state index in [1.807, 2.05) is 14.0 Å². The van der Waals surface area contributed by atoms with Gasteiger partial charge in [0.1, 0.15) is 5.69 Å². The Labute approximate surface area is 102 Å². The van der Waals surface area contributed by atoms with E-state index < -0.39 is 0 Å². The number of carbonyl (C=O) groups is 1. The highest BCUT2D eigenvalue weighted by Gasteiger charge is 2.35. The van der Waals surface area contributed by atoms with Gasteiger partial charge in [0.25, 0.3) is 5.91 Å². The van der Waals surface area contributed by atoms with Gasteiger partial charge in [-0.3, -0.25) is 9.48 Å². The Bertz CT molecular complexity index is 426. The number of aryl methyl sites for hydroxylation is 1. The molecule has 1 amide bonds. The summed E-state index contributed by atoms with van der Waals surface area (Å²) in [6.45, 7) is 5.64. The van der Waals surface area contributed by atoms with Crippen LogP contribution in [0.4, 0.5) is 5.69 Å². The molecule has 1 aromatic rings. The van der Waals surface area contributed by atoms with Gasteiger partial charge in [0.15, 0.2) is 0 Å². The average Bonchev–Trinajstić information content (AvgIpc) is 2.85. The minimum Gasteiger partial charge on any atom is -0.396 e. The number of nitrogen functional groups attached to an aromatic ring is 1. The third-order valence-electron chi connectivity index (χ3n) is 3.50. The zero-order chi connectivity index (χ0) is 12.6. The largest absolute Gasteiger partial charge is 0.396 e. The Morgan fingerprint density at radius 1 is 1.71 bits per heavy atom. The molecule has 1 aliphatic rings. The fourth-order valence-electron chi connectivity index (χ4n) is 2.14. The molecule has 0 radical (unpaired) electrons. The number of hydrogen-bond donors (Lipinski definition) is 1. The van der Waals surface area contributed by atoms with Gasteiger partial charge in [0.2, 0.25) is 0 Å². The summed E-state index contributed by atoms with van der Waals surface area (Å²) in [5, 5.41) is 4.09. The molecule has 2 unspecified atom stereocenters. The summed E-state index contributed by atoms with van der Waals surface area (Å²) in [5.74, 6) is 1.38. The number of nitrogens with zero attached hydrogens (tertiary/aromatic N) is 3. The van der Waals surface area contributed by atoms with Crippen LogP contribution in [0.5, 0.6) is 0 Å². The molecule has 17 heavy (non-hydrogen) atoms. The second kappa shape index (κ2) is 4.39. The number of rotatable bonds is 4. The van der Waals surface area contributed by atoms with Crippen molar-refractivity contribution in [3.8, 4) is 0 Å². The molecule has 0 aromatic carbocycles. The molecular formula is C12H20N4O. The smallest absolute Gasteiger partial charge is 0.274 e. The molecule has 94 valence electrons. The van der Waals surface area contributed by atoms with Crippen LogP contribution in [0.1, 0.15) is 30.8 Å². The summed E-state index contributed by atoms with van der Waals surface area (Å²) < 4.78 is 1.66. The first-order chi connectivity index (χ1) is 8.04. The van der Waals surface area contributed by atoms with Crippen molar-refractivity contribution in [2.45, 2.75) is 26.8 Å². The van der Waals surface area contributed by atoms with Crippen molar-refractivity contribution in [1.82, 2.24) is 14.7 Å². The third kappa shape index (κ3) is 2.28. The maximum absolute atomic E-state index is 12.3. The van der Waals surface area contributed by atoms with Gasteiger partial charge in [0, 0.05) is 20.1 Å². The Balaban J connectivity index is 2.09. The van der Waals surface area contributed by atoms with Gasteiger partial charge in [-0.25, -0.2) is 0 Å². The highest BCUT2D eigenvalue weighted by atomic mass is 16.2. The lowest BCUT2D eigenvalue weighted by molar-refractivity contribution is 0.0776. The standard InChI is InChI=1S/C12H20N4O/c1-4-16-11(10(13)6-14-16)12(17)15(3)7-9-5-8(9)2/h6,8-9H,4-5,7,13H2,1-3H3. The minimum absolute atomic E-state index is 0.0269. The number of anilines is 1. The van der Waals surface area contributed by atoms with Crippen molar-refractivity contribution in [3.05, 3.63) is 11.9 Å². The van der Waals surface area contributed by atoms with E-state index >= 15 is 0 Å². The third-order valence-corrected chi connectivity index (χ3v) is 3.50. The van der Waals surface area contributed by atoms with Crippen LogP contribution in [0.25, 0.3) is 0 Å². The molecular weight excluding hydrogens is 216 g/mol. The van der Waals surface area contributed by atoms with Gasteiger partial charge >= 0.3 is 0 Å². The minimum atomic E-state index is -0.0269. The highest BCUT2D eigenvalue weighted by Crippen LogP contribution is 2.38. The lowest BCUT2D eigenvalue weighted by Crippen LogP contribution is -2.31. The van der Waals surface area contributed by atoms with E-state index in [2.05, 4.69) is 12.0 Å². The first-order valence-electron chi connectivity index (χ1n) is 6.11. The van der Waals surface area contributed by atoms with Crippen LogP contribution in [0.2, 0.25) is 0 Å². The maximum Gasteiger partial charge on any atom is 0.274 e. The van der Waals surface area contributed by atoms with Crippen LogP contribution in [0.15, 0.2) is 6.20 Å². The Morgan fingerprint density at radius 3 is 2.88 bits per heavy atom. The summed E-state index contributed by atoms with van der Waals surface area (Å²) in [4.78, 5) is 14.0. The van der Waals surface area contributed by atoms with Crippen LogP contribution in [-0.2, 0) is 6.54 Å². The van der Waals surface area contributed by atoms with E-state index in [4.69, 9.17) is 5.73 Å². The van der Waals surface area contributed by atoms with Gasteiger partial charge in [0.05, 0.1) is 11.9 Å². The molecule has 2 atom stereocenters. The fourth-order valence-corrected chi connectivity index (χ4v) is 2.14. The lowest BCUT2D eigenvalue weighted by atomic mass is 10.2. The van der Waals surface area contributed by atoms with Crippen molar-refractivity contribution in [2.75, 3.05) is 19.3 Å². The van der Waals surface area contributed by atoms with Gasteiger partial charge in [-0.1, -0.05) is 6.92 Å². The summed E-state index contributed by atoms with van der Waals surface area (Å²) in [7, 11) is 1.83. The normalized spacial score (nSPS) is 22.5. The van der Waals surface area contributed by atoms with Crippen molar-refractivity contribution in [1.29, 1.82) is 0 Å². The first kappa shape index (κ1) is 12.0. The number of hydrogen-bond acceptors (Lipinski definition) is 3. The monoisotopic (exact) mass is 236 g/mol. The van der Waals surface area contributed by atoms with E-state index in [-0.39, 0.29) is 5.91 Å². The quantitative estimate of drug-likeness (QED) is 0.854. The van der Waals surface area contributed by atoms with Crippen molar-refractivity contribution in [2.24, 2.45) is 11.8 Å². The lowest BCUT2D eigenvalue weighted by Gasteiger charge is -2.17. The molecule has 0 spiro atoms. The molecule has 0 aliphatic heterocycles. The molecule has 5 heteroatoms. The van der Waals surface area contributed by atoms with Crippen LogP contribution in [0, 0.1) is 11.8 Å². The van der Waals surface area contributed by atoms with Crippen LogP contribution < -0.4 is 5.73 Å². The molecule has 1 fully saturated rings. The fraction of sp³-hybridized carbons (Fsp3) is 0.667. The Kier molecular flexibility index (Phi) is 3.09. The topological polar surface area (TPSA) is 64.2 Å². The molecule has 5 nitrogen and oxygen atoms in total. The van der Waals surface area contributed by atoms with E-state index in [1.165, 1.54) is 6.42 Å². The van der Waals surface area contributed by atoms with Crippen molar-refractivity contribution >= 4 is 11.6 Å². The summed E-state index contributed by atoms with van der Waals surface area (Å²) in [5.41, 5.74) is 6.78. The number of amides is 1. The molecule has 1 aliphatic carbocycles. The Morgan fingerprint density at radius 2 is 2.35 bits per heavy atom. The zero-order valence-electron chi connectivity index (χ0n) is 10.7. The second-order valence-electron chi connectivity index (χ2n) is 4.92. The van der Waals surface area contributed by atoms with Crippen LogP contribution in [0.3, 0.4) is 0 Å². The summed E-state index contributed by atoms with van der Waals surface area (Å²) in [6.07, 6.45) is 2.77. The van der Waals surface area contributed by atoms with E-state index in [1.54, 1.807) is 15.8 Å². The van der Waals surface area contributed by atoms with E-state index in [9.17, 15) is 4.79 Å². The molecule has 1 saturated carbocycles. The number of aromatic nitrogens is 2. The van der Waals surface area contributed by atoms with Gasteiger partial charge in [-0.15, -0.1) is 0 Å². The Hall–Kier alpha value is -1.52. The number of nitrogens with two attached hydrogens (primary N) is 1. The second-order valence-corrected chi connectivity index (χ2v) is 4.92. The zero-order valence-corrected chi connectivity index (χ0v) is 10.7. The molecule has 1 aromatic heterocycles. The van der Waals surface area contributed by atoms with Crippen LogP contribution in [-0.4, -0.2) is 34.2 Å². The molecule has 0 saturated heterocycles. The molecule has 2 rings (SSSR count). The van der Waals surface area contributed by atoms with Gasteiger partial charge < -0.3 is 10.6 Å². The number of carbonyl (C=O) groups excluding carboxylic acids is 1. The van der Waals surface area contributed by atoms with Crippen molar-refractivity contribution < 1.29 is 4.79 Å². The van der Waals surface area contributed by atoms with Gasteiger partial charge in [-0.05, 0) is 25.2 Å². The molecule has 0 bridgehead atoms. The van der Waals surface area contributed by atoms with Gasteiger partial charge in [-0.2, -0.15) is 5.10 Å².